The quantitative estimate of drug-likeness (QED) is 0.630. The van der Waals surface area contributed by atoms with E-state index in [1.54, 1.807) is 19.1 Å². The SMILES string of the molecule is C1=CC(c2ccco2)=[C]([Zr+2][C]2=C(c3ccco3)C=CC2)C1.[Cl-].[Cl-]. The first-order chi connectivity index (χ1) is 10.4. The summed E-state index contributed by atoms with van der Waals surface area (Å²) < 4.78 is 14.3. The second-order valence-electron chi connectivity index (χ2n) is 5.08. The molecule has 2 aromatic heterocycles. The van der Waals surface area contributed by atoms with Gasteiger partial charge in [-0.05, 0) is 0 Å². The normalized spacial score (nSPS) is 15.7. The summed E-state index contributed by atoms with van der Waals surface area (Å²) in [5.41, 5.74) is 2.62. The molecule has 2 heterocycles. The Kier molecular flexibility index (Phi) is 6.53. The molecule has 0 spiro atoms. The number of halogens is 2. The number of furan rings is 2. The van der Waals surface area contributed by atoms with Crippen molar-refractivity contribution in [2.24, 2.45) is 0 Å². The molecule has 0 bridgehead atoms. The summed E-state index contributed by atoms with van der Waals surface area (Å²) in [7, 11) is 0. The third-order valence-electron chi connectivity index (χ3n) is 3.74. The first-order valence-corrected chi connectivity index (χ1v) is 9.52. The predicted octanol–water partition coefficient (Wildman–Crippen LogP) is -0.995. The summed E-state index contributed by atoms with van der Waals surface area (Å²) in [6, 6.07) is 8.03. The molecule has 0 unspecified atom stereocenters. The Hall–Kier alpha value is -1.02. The van der Waals surface area contributed by atoms with E-state index in [4.69, 9.17) is 8.83 Å². The molecule has 2 aliphatic carbocycles. The molecular formula is C18H14Cl2O2Zr. The molecule has 116 valence electrons. The van der Waals surface area contributed by atoms with Crippen molar-refractivity contribution in [3.05, 3.63) is 79.2 Å². The van der Waals surface area contributed by atoms with Crippen LogP contribution in [0.3, 0.4) is 0 Å². The van der Waals surface area contributed by atoms with Crippen LogP contribution in [0.5, 0.6) is 0 Å². The third-order valence-corrected chi connectivity index (χ3v) is 7.55. The largest absolute Gasteiger partial charge is 1.00 e. The van der Waals surface area contributed by atoms with E-state index in [1.165, 1.54) is 11.1 Å². The zero-order valence-corrected chi connectivity index (χ0v) is 16.2. The second kappa shape index (κ2) is 8.19. The van der Waals surface area contributed by atoms with Gasteiger partial charge in [0.1, 0.15) is 0 Å². The van der Waals surface area contributed by atoms with Gasteiger partial charge in [0, 0.05) is 0 Å². The van der Waals surface area contributed by atoms with Crippen LogP contribution in [0.4, 0.5) is 0 Å². The fourth-order valence-electron chi connectivity index (χ4n) is 2.75. The van der Waals surface area contributed by atoms with Crippen molar-refractivity contribution in [3.8, 4) is 0 Å². The van der Waals surface area contributed by atoms with Crippen LogP contribution in [0.15, 0.2) is 76.5 Å². The van der Waals surface area contributed by atoms with Crippen molar-refractivity contribution in [3.63, 3.8) is 0 Å². The van der Waals surface area contributed by atoms with E-state index in [0.717, 1.165) is 24.4 Å². The molecule has 23 heavy (non-hydrogen) atoms. The van der Waals surface area contributed by atoms with E-state index in [9.17, 15) is 0 Å². The molecule has 5 heteroatoms. The standard InChI is InChI=1S/2C9H7O.2ClH.Zr/c2*1-2-5-8(4-1)9-6-3-7-10-9;;;/h2*1,3-4,6-7H,2H2;2*1H;/q;;;;+2/p-2. The molecule has 0 atom stereocenters. The maximum absolute atomic E-state index is 5.58. The average molecular weight is 424 g/mol. The number of rotatable bonds is 4. The number of allylic oxidation sites excluding steroid dienone is 8. The van der Waals surface area contributed by atoms with Crippen molar-refractivity contribution in [1.29, 1.82) is 0 Å². The van der Waals surface area contributed by atoms with Gasteiger partial charge < -0.3 is 24.8 Å². The van der Waals surface area contributed by atoms with E-state index in [2.05, 4.69) is 36.4 Å². The van der Waals surface area contributed by atoms with Crippen LogP contribution < -0.4 is 24.8 Å². The number of hydrogen-bond donors (Lipinski definition) is 0. The van der Waals surface area contributed by atoms with Gasteiger partial charge >= 0.3 is 135 Å². The van der Waals surface area contributed by atoms with Crippen LogP contribution in [0.25, 0.3) is 11.1 Å². The van der Waals surface area contributed by atoms with E-state index in [0.29, 0.717) is 0 Å². The van der Waals surface area contributed by atoms with Crippen LogP contribution in [-0.4, -0.2) is 0 Å². The summed E-state index contributed by atoms with van der Waals surface area (Å²) in [4.78, 5) is 0. The van der Waals surface area contributed by atoms with Gasteiger partial charge in [0.2, 0.25) is 0 Å². The van der Waals surface area contributed by atoms with Gasteiger partial charge in [-0.25, -0.2) is 0 Å². The van der Waals surface area contributed by atoms with Gasteiger partial charge in [-0.3, -0.25) is 0 Å². The van der Waals surface area contributed by atoms with Gasteiger partial charge in [-0.1, -0.05) is 0 Å². The minimum atomic E-state index is -0.783. The second-order valence-corrected chi connectivity index (χ2v) is 8.66. The average Bonchev–Trinajstić information content (AvgIpc) is 3.28. The van der Waals surface area contributed by atoms with Gasteiger partial charge in [-0.2, -0.15) is 0 Å². The molecular weight excluding hydrogens is 410 g/mol. The maximum atomic E-state index is 5.58. The Morgan fingerprint density at radius 2 is 1.22 bits per heavy atom. The summed E-state index contributed by atoms with van der Waals surface area (Å²) in [6.07, 6.45) is 14.6. The first-order valence-electron chi connectivity index (χ1n) is 7.06. The van der Waals surface area contributed by atoms with Gasteiger partial charge in [0.15, 0.2) is 0 Å². The Bertz CT molecular complexity index is 700. The van der Waals surface area contributed by atoms with E-state index in [1.807, 2.05) is 12.1 Å². The molecule has 2 aliphatic rings. The molecule has 0 saturated heterocycles. The Balaban J connectivity index is 0.000000960. The van der Waals surface area contributed by atoms with E-state index in [-0.39, 0.29) is 24.8 Å². The van der Waals surface area contributed by atoms with Crippen LogP contribution >= 0.6 is 0 Å². The maximum Gasteiger partial charge on any atom is -1.00 e. The van der Waals surface area contributed by atoms with Crippen molar-refractivity contribution >= 4 is 11.1 Å². The first kappa shape index (κ1) is 18.3. The molecule has 0 saturated carbocycles. The molecule has 2 aromatic rings. The van der Waals surface area contributed by atoms with Crippen LogP contribution in [-0.2, 0) is 23.2 Å². The molecule has 0 aromatic carbocycles. The molecule has 0 fully saturated rings. The molecule has 4 rings (SSSR count). The predicted molar refractivity (Wildman–Crippen MR) is 78.8 cm³/mol. The summed E-state index contributed by atoms with van der Waals surface area (Å²) in [6.45, 7) is 0. The topological polar surface area (TPSA) is 26.3 Å². The summed E-state index contributed by atoms with van der Waals surface area (Å²) >= 11 is -0.783. The monoisotopic (exact) mass is 422 g/mol. The zero-order chi connectivity index (χ0) is 14.1. The Labute approximate surface area is 159 Å². The van der Waals surface area contributed by atoms with Crippen LogP contribution in [0.1, 0.15) is 24.4 Å². The fraction of sp³-hybridized carbons (Fsp3) is 0.111. The smallest absolute Gasteiger partial charge is 1.00 e. The van der Waals surface area contributed by atoms with Crippen molar-refractivity contribution in [2.75, 3.05) is 0 Å². The zero-order valence-electron chi connectivity index (χ0n) is 12.3. The van der Waals surface area contributed by atoms with Gasteiger partial charge in [0.25, 0.3) is 0 Å². The molecule has 0 aliphatic heterocycles. The van der Waals surface area contributed by atoms with Crippen molar-refractivity contribution in [2.45, 2.75) is 12.8 Å². The van der Waals surface area contributed by atoms with Crippen LogP contribution in [0, 0.1) is 0 Å². The van der Waals surface area contributed by atoms with Crippen molar-refractivity contribution < 1.29 is 56.9 Å². The molecule has 0 radical (unpaired) electrons. The Morgan fingerprint density at radius 1 is 0.739 bits per heavy atom. The fourth-order valence-corrected chi connectivity index (χ4v) is 6.41. The van der Waals surface area contributed by atoms with E-state index < -0.39 is 23.2 Å². The Morgan fingerprint density at radius 3 is 1.61 bits per heavy atom. The minimum Gasteiger partial charge on any atom is -1.00 e. The molecule has 0 N–H and O–H groups in total. The van der Waals surface area contributed by atoms with Gasteiger partial charge in [-0.15, -0.1) is 0 Å². The van der Waals surface area contributed by atoms with Gasteiger partial charge in [0.05, 0.1) is 0 Å². The minimum absolute atomic E-state index is 0. The molecule has 2 nitrogen and oxygen atoms in total. The molecule has 0 amide bonds. The van der Waals surface area contributed by atoms with Crippen LogP contribution in [0.2, 0.25) is 0 Å². The summed E-state index contributed by atoms with van der Waals surface area (Å²) in [5.74, 6) is 2.01. The number of hydrogen-bond acceptors (Lipinski definition) is 2. The van der Waals surface area contributed by atoms with Crippen molar-refractivity contribution in [1.82, 2.24) is 0 Å². The van der Waals surface area contributed by atoms with E-state index >= 15 is 0 Å². The summed E-state index contributed by atoms with van der Waals surface area (Å²) in [5, 5.41) is 0. The third kappa shape index (κ3) is 3.74.